The lowest BCUT2D eigenvalue weighted by molar-refractivity contribution is 0.164. The third-order valence-corrected chi connectivity index (χ3v) is 2.15. The molecule has 1 aromatic rings. The smallest absolute Gasteiger partial charge is 0.118 e. The Labute approximate surface area is 97.1 Å². The van der Waals surface area contributed by atoms with E-state index < -0.39 is 0 Å². The average Bonchev–Trinajstić information content (AvgIpc) is 2.34. The highest BCUT2D eigenvalue weighted by atomic mass is 16.5. The lowest BCUT2D eigenvalue weighted by Crippen LogP contribution is -2.19. The molecule has 0 spiro atoms. The molecule has 0 atom stereocenters. The Kier molecular flexibility index (Phi) is 6.30. The highest BCUT2D eigenvalue weighted by molar-refractivity contribution is 5.26. The molecule has 1 N–H and O–H groups in total. The van der Waals surface area contributed by atoms with Crippen LogP contribution < -0.4 is 10.1 Å². The number of hydrogen-bond acceptors (Lipinski definition) is 3. The molecule has 0 aromatic heterocycles. The summed E-state index contributed by atoms with van der Waals surface area (Å²) < 4.78 is 10.3. The summed E-state index contributed by atoms with van der Waals surface area (Å²) in [5.41, 5.74) is 1.24. The molecule has 0 saturated heterocycles. The normalized spacial score (nSPS) is 10.1. The van der Waals surface area contributed by atoms with Gasteiger partial charge in [-0.15, -0.1) is 6.58 Å². The Bertz CT molecular complexity index is 295. The molecule has 1 aromatic carbocycles. The molecule has 0 aliphatic heterocycles. The van der Waals surface area contributed by atoms with Gasteiger partial charge in [0.2, 0.25) is 0 Å². The van der Waals surface area contributed by atoms with Gasteiger partial charge in [0, 0.05) is 13.1 Å². The van der Waals surface area contributed by atoms with Gasteiger partial charge < -0.3 is 14.8 Å². The van der Waals surface area contributed by atoms with Gasteiger partial charge in [-0.25, -0.2) is 0 Å². The zero-order chi connectivity index (χ0) is 11.6. The Morgan fingerprint density at radius 1 is 1.31 bits per heavy atom. The molecular weight excluding hydrogens is 202 g/mol. The van der Waals surface area contributed by atoms with E-state index in [-0.39, 0.29) is 0 Å². The van der Waals surface area contributed by atoms with E-state index in [1.165, 1.54) is 5.56 Å². The monoisotopic (exact) mass is 221 g/mol. The van der Waals surface area contributed by atoms with Gasteiger partial charge in [-0.05, 0) is 17.7 Å². The first-order valence-corrected chi connectivity index (χ1v) is 5.39. The molecule has 0 aliphatic rings. The van der Waals surface area contributed by atoms with E-state index in [2.05, 4.69) is 24.0 Å². The Morgan fingerprint density at radius 2 is 2.06 bits per heavy atom. The van der Waals surface area contributed by atoms with Crippen molar-refractivity contribution < 1.29 is 9.47 Å². The van der Waals surface area contributed by atoms with Crippen LogP contribution in [0.15, 0.2) is 36.9 Å². The highest BCUT2D eigenvalue weighted by Crippen LogP contribution is 2.10. The van der Waals surface area contributed by atoms with Crippen molar-refractivity contribution >= 4 is 0 Å². The maximum Gasteiger partial charge on any atom is 0.118 e. The zero-order valence-corrected chi connectivity index (χ0v) is 9.74. The summed E-state index contributed by atoms with van der Waals surface area (Å²) in [5.74, 6) is 0.887. The molecule has 0 unspecified atom stereocenters. The minimum absolute atomic E-state index is 0.615. The van der Waals surface area contributed by atoms with E-state index in [9.17, 15) is 0 Å². The van der Waals surface area contributed by atoms with Gasteiger partial charge in [-0.2, -0.15) is 0 Å². The first-order chi connectivity index (χ1) is 7.86. The highest BCUT2D eigenvalue weighted by Gasteiger charge is 1.93. The molecule has 0 fully saturated rings. The first-order valence-electron chi connectivity index (χ1n) is 5.39. The van der Waals surface area contributed by atoms with Gasteiger partial charge in [0.1, 0.15) is 5.75 Å². The molecule has 0 aliphatic carbocycles. The fraction of sp³-hybridized carbons (Fsp3) is 0.385. The Balaban J connectivity index is 2.14. The van der Waals surface area contributed by atoms with Crippen molar-refractivity contribution in [1.29, 1.82) is 0 Å². The molecule has 0 heterocycles. The molecule has 16 heavy (non-hydrogen) atoms. The molecule has 3 nitrogen and oxygen atoms in total. The molecular formula is C13H19NO2. The standard InChI is InChI=1S/C13H19NO2/c1-3-9-16-10-8-14-11-12-4-6-13(15-2)7-5-12/h3-7,14H,1,8-11H2,2H3. The average molecular weight is 221 g/mol. The van der Waals surface area contributed by atoms with Gasteiger partial charge in [-0.3, -0.25) is 0 Å². The third kappa shape index (κ3) is 4.96. The molecule has 88 valence electrons. The molecule has 0 saturated carbocycles. The Morgan fingerprint density at radius 3 is 2.69 bits per heavy atom. The summed E-state index contributed by atoms with van der Waals surface area (Å²) in [5, 5.41) is 3.30. The maximum atomic E-state index is 5.26. The topological polar surface area (TPSA) is 30.5 Å². The van der Waals surface area contributed by atoms with Crippen LogP contribution in [0.3, 0.4) is 0 Å². The van der Waals surface area contributed by atoms with Gasteiger partial charge in [0.25, 0.3) is 0 Å². The van der Waals surface area contributed by atoms with Crippen LogP contribution in [-0.4, -0.2) is 26.9 Å². The van der Waals surface area contributed by atoms with E-state index in [1.54, 1.807) is 13.2 Å². The van der Waals surface area contributed by atoms with Crippen LogP contribution in [0.4, 0.5) is 0 Å². The Hall–Kier alpha value is -1.32. The SMILES string of the molecule is C=CCOCCNCc1ccc(OC)cc1. The number of nitrogens with one attached hydrogen (secondary N) is 1. The van der Waals surface area contributed by atoms with Gasteiger partial charge in [0.15, 0.2) is 0 Å². The van der Waals surface area contributed by atoms with E-state index in [0.29, 0.717) is 13.2 Å². The van der Waals surface area contributed by atoms with Crippen molar-refractivity contribution in [3.05, 3.63) is 42.5 Å². The number of benzene rings is 1. The maximum absolute atomic E-state index is 5.26. The minimum atomic E-state index is 0.615. The van der Waals surface area contributed by atoms with Crippen LogP contribution in [0.1, 0.15) is 5.56 Å². The second-order valence-corrected chi connectivity index (χ2v) is 3.39. The lowest BCUT2D eigenvalue weighted by Gasteiger charge is -2.06. The van der Waals surface area contributed by atoms with Crippen molar-refractivity contribution in [1.82, 2.24) is 5.32 Å². The van der Waals surface area contributed by atoms with E-state index >= 15 is 0 Å². The van der Waals surface area contributed by atoms with Crippen LogP contribution in [0.25, 0.3) is 0 Å². The number of methoxy groups -OCH3 is 1. The summed E-state index contributed by atoms with van der Waals surface area (Å²) in [6, 6.07) is 8.03. The summed E-state index contributed by atoms with van der Waals surface area (Å²) in [6.07, 6.45) is 1.75. The predicted molar refractivity (Wildman–Crippen MR) is 65.7 cm³/mol. The number of rotatable bonds is 8. The van der Waals surface area contributed by atoms with E-state index in [4.69, 9.17) is 9.47 Å². The summed E-state index contributed by atoms with van der Waals surface area (Å²) in [7, 11) is 1.67. The summed E-state index contributed by atoms with van der Waals surface area (Å²) >= 11 is 0. The van der Waals surface area contributed by atoms with Gasteiger partial charge in [-0.1, -0.05) is 18.2 Å². The number of hydrogen-bond donors (Lipinski definition) is 1. The van der Waals surface area contributed by atoms with Crippen molar-refractivity contribution in [3.8, 4) is 5.75 Å². The molecule has 0 bridgehead atoms. The molecule has 3 heteroatoms. The van der Waals surface area contributed by atoms with Crippen LogP contribution in [0, 0.1) is 0 Å². The lowest BCUT2D eigenvalue weighted by atomic mass is 10.2. The molecule has 1 rings (SSSR count). The zero-order valence-electron chi connectivity index (χ0n) is 9.74. The number of ether oxygens (including phenoxy) is 2. The van der Waals surface area contributed by atoms with Crippen LogP contribution in [0.2, 0.25) is 0 Å². The third-order valence-electron chi connectivity index (χ3n) is 2.15. The predicted octanol–water partition coefficient (Wildman–Crippen LogP) is 1.99. The largest absolute Gasteiger partial charge is 0.497 e. The van der Waals surface area contributed by atoms with Crippen LogP contribution in [0.5, 0.6) is 5.75 Å². The van der Waals surface area contributed by atoms with Crippen LogP contribution in [-0.2, 0) is 11.3 Å². The first kappa shape index (κ1) is 12.7. The van der Waals surface area contributed by atoms with E-state index in [1.807, 2.05) is 12.1 Å². The fourth-order valence-electron chi connectivity index (χ4n) is 1.29. The van der Waals surface area contributed by atoms with Gasteiger partial charge in [0.05, 0.1) is 20.3 Å². The quantitative estimate of drug-likeness (QED) is 0.538. The molecule has 0 radical (unpaired) electrons. The summed E-state index contributed by atoms with van der Waals surface area (Å²) in [4.78, 5) is 0. The van der Waals surface area contributed by atoms with Crippen molar-refractivity contribution in [2.75, 3.05) is 26.9 Å². The minimum Gasteiger partial charge on any atom is -0.497 e. The summed E-state index contributed by atoms with van der Waals surface area (Å²) in [6.45, 7) is 6.61. The van der Waals surface area contributed by atoms with Gasteiger partial charge >= 0.3 is 0 Å². The molecule has 0 amide bonds. The fourth-order valence-corrected chi connectivity index (χ4v) is 1.29. The second kappa shape index (κ2) is 7.91. The van der Waals surface area contributed by atoms with Crippen LogP contribution >= 0.6 is 0 Å². The van der Waals surface area contributed by atoms with Crippen molar-refractivity contribution in [3.63, 3.8) is 0 Å². The van der Waals surface area contributed by atoms with E-state index in [0.717, 1.165) is 18.8 Å². The van der Waals surface area contributed by atoms with Crippen molar-refractivity contribution in [2.24, 2.45) is 0 Å². The van der Waals surface area contributed by atoms with Crippen molar-refractivity contribution in [2.45, 2.75) is 6.54 Å². The second-order valence-electron chi connectivity index (χ2n) is 3.39.